The lowest BCUT2D eigenvalue weighted by molar-refractivity contribution is 0.480. The number of nitrogens with one attached hydrogen (secondary N) is 1. The van der Waals surface area contributed by atoms with Crippen LogP contribution in [-0.4, -0.2) is 15.1 Å². The lowest BCUT2D eigenvalue weighted by Crippen LogP contribution is -2.13. The zero-order valence-electron chi connectivity index (χ0n) is 7.53. The van der Waals surface area contributed by atoms with Crippen LogP contribution in [-0.2, 0) is 0 Å². The van der Waals surface area contributed by atoms with Crippen LogP contribution in [0.15, 0.2) is 16.9 Å². The Balaban J connectivity index is 2.96. The maximum Gasteiger partial charge on any atom is 0.290 e. The maximum absolute atomic E-state index is 11.1. The minimum atomic E-state index is -0.442. The highest BCUT2D eigenvalue weighted by molar-refractivity contribution is 5.82. The average molecular weight is 191 g/mol. The Kier molecular flexibility index (Phi) is 1.67. The van der Waals surface area contributed by atoms with E-state index in [1.807, 2.05) is 6.92 Å². The number of aromatic amines is 1. The molecule has 0 saturated carbocycles. The second-order valence-corrected chi connectivity index (χ2v) is 3.13. The Morgan fingerprint density at radius 2 is 2.21 bits per heavy atom. The normalized spacial score (nSPS) is 10.6. The second kappa shape index (κ2) is 2.73. The van der Waals surface area contributed by atoms with E-state index in [2.05, 4.69) is 9.97 Å². The molecule has 0 aliphatic rings. The van der Waals surface area contributed by atoms with E-state index in [1.54, 1.807) is 12.1 Å². The van der Waals surface area contributed by atoms with E-state index in [9.17, 15) is 9.90 Å². The number of anilines is 1. The number of nitrogens with zero attached hydrogens (tertiary/aromatic N) is 1. The zero-order chi connectivity index (χ0) is 10.3. The molecule has 0 bridgehead atoms. The van der Waals surface area contributed by atoms with Crippen LogP contribution in [0.25, 0.3) is 11.0 Å². The Bertz CT molecular complexity index is 560. The van der Waals surface area contributed by atoms with Gasteiger partial charge in [-0.1, -0.05) is 0 Å². The summed E-state index contributed by atoms with van der Waals surface area (Å²) in [6.45, 7) is 1.81. The number of phenols is 1. The lowest BCUT2D eigenvalue weighted by Gasteiger charge is -2.02. The van der Waals surface area contributed by atoms with Gasteiger partial charge in [-0.05, 0) is 24.6 Å². The highest BCUT2D eigenvalue weighted by Crippen LogP contribution is 2.22. The van der Waals surface area contributed by atoms with Crippen LogP contribution in [0.5, 0.6) is 5.75 Å². The summed E-state index contributed by atoms with van der Waals surface area (Å²) in [7, 11) is 0. The van der Waals surface area contributed by atoms with Crippen molar-refractivity contribution in [3.05, 3.63) is 28.0 Å². The summed E-state index contributed by atoms with van der Waals surface area (Å²) in [4.78, 5) is 17.5. The number of aromatic nitrogens is 2. The molecular formula is C9H9N3O2. The van der Waals surface area contributed by atoms with Gasteiger partial charge in [0.2, 0.25) is 0 Å². The number of rotatable bonds is 0. The van der Waals surface area contributed by atoms with Crippen LogP contribution in [0.1, 0.15) is 5.56 Å². The van der Waals surface area contributed by atoms with Gasteiger partial charge in [0.05, 0.1) is 5.52 Å². The summed E-state index contributed by atoms with van der Waals surface area (Å²) in [5, 5.41) is 9.53. The molecule has 0 aliphatic heterocycles. The molecule has 4 N–H and O–H groups in total. The summed E-state index contributed by atoms with van der Waals surface area (Å²) in [6, 6.07) is 3.29. The first-order valence-corrected chi connectivity index (χ1v) is 4.07. The van der Waals surface area contributed by atoms with Gasteiger partial charge in [0.25, 0.3) is 5.56 Å². The van der Waals surface area contributed by atoms with Crippen molar-refractivity contribution >= 4 is 16.9 Å². The predicted molar refractivity (Wildman–Crippen MR) is 53.2 cm³/mol. The molecule has 0 amide bonds. The fourth-order valence-electron chi connectivity index (χ4n) is 1.33. The predicted octanol–water partition coefficient (Wildman–Crippen LogP) is 0.519. The molecule has 1 aromatic heterocycles. The van der Waals surface area contributed by atoms with E-state index in [4.69, 9.17) is 5.73 Å². The number of H-pyrrole nitrogens is 1. The van der Waals surface area contributed by atoms with Gasteiger partial charge in [0, 0.05) is 0 Å². The number of hydrogen-bond acceptors (Lipinski definition) is 4. The molecule has 0 unspecified atom stereocenters. The van der Waals surface area contributed by atoms with Crippen molar-refractivity contribution in [3.8, 4) is 5.75 Å². The van der Waals surface area contributed by atoms with E-state index in [0.717, 1.165) is 5.56 Å². The van der Waals surface area contributed by atoms with Crippen molar-refractivity contribution in [2.45, 2.75) is 6.92 Å². The monoisotopic (exact) mass is 191 g/mol. The number of nitrogens with two attached hydrogens (primary N) is 1. The van der Waals surface area contributed by atoms with E-state index < -0.39 is 5.56 Å². The number of aryl methyl sites for hydroxylation is 1. The molecule has 0 spiro atoms. The molecule has 1 heterocycles. The summed E-state index contributed by atoms with van der Waals surface area (Å²) < 4.78 is 0. The molecule has 14 heavy (non-hydrogen) atoms. The van der Waals surface area contributed by atoms with Gasteiger partial charge in [0.15, 0.2) is 5.82 Å². The fourth-order valence-corrected chi connectivity index (χ4v) is 1.33. The topological polar surface area (TPSA) is 92.0 Å². The van der Waals surface area contributed by atoms with Crippen LogP contribution < -0.4 is 11.3 Å². The van der Waals surface area contributed by atoms with Gasteiger partial charge >= 0.3 is 0 Å². The third kappa shape index (κ3) is 1.19. The van der Waals surface area contributed by atoms with Crippen molar-refractivity contribution in [2.24, 2.45) is 0 Å². The second-order valence-electron chi connectivity index (χ2n) is 3.13. The molecule has 0 atom stereocenters. The van der Waals surface area contributed by atoms with Crippen LogP contribution in [0, 0.1) is 6.92 Å². The van der Waals surface area contributed by atoms with Gasteiger partial charge < -0.3 is 15.8 Å². The molecule has 0 saturated heterocycles. The van der Waals surface area contributed by atoms with Crippen LogP contribution in [0.4, 0.5) is 5.82 Å². The number of hydrogen-bond donors (Lipinski definition) is 3. The smallest absolute Gasteiger partial charge is 0.290 e. The van der Waals surface area contributed by atoms with E-state index >= 15 is 0 Å². The van der Waals surface area contributed by atoms with Crippen molar-refractivity contribution < 1.29 is 5.11 Å². The largest absolute Gasteiger partial charge is 0.506 e. The highest BCUT2D eigenvalue weighted by atomic mass is 16.3. The van der Waals surface area contributed by atoms with Gasteiger partial charge in [-0.25, -0.2) is 4.98 Å². The maximum atomic E-state index is 11.1. The van der Waals surface area contributed by atoms with Crippen molar-refractivity contribution in [2.75, 3.05) is 5.73 Å². The number of nitrogen functional groups attached to an aromatic ring is 1. The Morgan fingerprint density at radius 1 is 1.50 bits per heavy atom. The van der Waals surface area contributed by atoms with E-state index in [0.29, 0.717) is 11.0 Å². The lowest BCUT2D eigenvalue weighted by atomic mass is 10.2. The first-order valence-electron chi connectivity index (χ1n) is 4.07. The minimum absolute atomic E-state index is 0.0166. The minimum Gasteiger partial charge on any atom is -0.506 e. The average Bonchev–Trinajstić information content (AvgIpc) is 2.08. The van der Waals surface area contributed by atoms with Crippen molar-refractivity contribution in [1.82, 2.24) is 9.97 Å². The number of fused-ring (bicyclic) bond motifs is 1. The Labute approximate surface area is 79.2 Å². The molecule has 2 aromatic rings. The van der Waals surface area contributed by atoms with Crippen LogP contribution in [0.2, 0.25) is 0 Å². The molecule has 1 aromatic carbocycles. The molecule has 0 fully saturated rings. The number of phenolic OH excluding ortho intramolecular Hbond substituents is 1. The van der Waals surface area contributed by atoms with E-state index in [-0.39, 0.29) is 11.6 Å². The van der Waals surface area contributed by atoms with Gasteiger partial charge in [0.1, 0.15) is 11.3 Å². The van der Waals surface area contributed by atoms with Crippen LogP contribution in [0.3, 0.4) is 0 Å². The Morgan fingerprint density at radius 3 is 2.93 bits per heavy atom. The third-order valence-corrected chi connectivity index (χ3v) is 1.95. The first kappa shape index (κ1) is 8.55. The number of benzene rings is 1. The van der Waals surface area contributed by atoms with E-state index in [1.165, 1.54) is 0 Å². The summed E-state index contributed by atoms with van der Waals surface area (Å²) >= 11 is 0. The molecule has 5 nitrogen and oxygen atoms in total. The first-order chi connectivity index (χ1) is 6.58. The molecular weight excluding hydrogens is 182 g/mol. The van der Waals surface area contributed by atoms with Gasteiger partial charge in [-0.2, -0.15) is 0 Å². The number of aromatic hydroxyl groups is 1. The van der Waals surface area contributed by atoms with Gasteiger partial charge in [-0.15, -0.1) is 0 Å². The molecule has 0 aliphatic carbocycles. The summed E-state index contributed by atoms with van der Waals surface area (Å²) in [6.07, 6.45) is 0. The highest BCUT2D eigenvalue weighted by Gasteiger charge is 2.05. The summed E-state index contributed by atoms with van der Waals surface area (Å²) in [5.74, 6) is -0.125. The van der Waals surface area contributed by atoms with Crippen molar-refractivity contribution in [3.63, 3.8) is 0 Å². The summed E-state index contributed by atoms with van der Waals surface area (Å²) in [5.41, 5.74) is 6.53. The van der Waals surface area contributed by atoms with Gasteiger partial charge in [-0.3, -0.25) is 4.79 Å². The SMILES string of the molecule is Cc1cc(O)c2nc(N)c(=O)[nH]c2c1. The Hall–Kier alpha value is -2.04. The standard InChI is InChI=1S/C9H9N3O2/c1-4-2-5-7(6(13)3-4)12-8(10)9(14)11-5/h2-3,13H,1H3,(H2,10,12)(H,11,14). The molecule has 2 rings (SSSR count). The molecule has 0 radical (unpaired) electrons. The van der Waals surface area contributed by atoms with Crippen LogP contribution >= 0.6 is 0 Å². The van der Waals surface area contributed by atoms with Crippen molar-refractivity contribution in [1.29, 1.82) is 0 Å². The third-order valence-electron chi connectivity index (χ3n) is 1.95. The molecule has 72 valence electrons. The zero-order valence-corrected chi connectivity index (χ0v) is 7.53. The fraction of sp³-hybridized carbons (Fsp3) is 0.111. The quantitative estimate of drug-likeness (QED) is 0.566. The molecule has 5 heteroatoms.